The molecule has 0 aromatic heterocycles. The molecule has 1 fully saturated rings. The number of amides is 2. The molecule has 1 aliphatic heterocycles. The fourth-order valence-electron chi connectivity index (χ4n) is 3.27. The van der Waals surface area contributed by atoms with Gasteiger partial charge in [-0.3, -0.25) is 4.79 Å². The molecule has 2 amide bonds. The molecule has 2 rings (SSSR count). The molecule has 1 aromatic carbocycles. The molecule has 0 saturated carbocycles. The van der Waals surface area contributed by atoms with Gasteiger partial charge in [-0.2, -0.15) is 0 Å². The van der Waals surface area contributed by atoms with E-state index in [1.54, 1.807) is 28.0 Å². The molecule has 1 saturated heterocycles. The van der Waals surface area contributed by atoms with Crippen molar-refractivity contribution in [3.63, 3.8) is 0 Å². The quantitative estimate of drug-likeness (QED) is 0.646. The Morgan fingerprint density at radius 1 is 1.29 bits per heavy atom. The second-order valence-electron chi connectivity index (χ2n) is 8.56. The molecule has 0 aliphatic carbocycles. The third kappa shape index (κ3) is 6.28. The minimum absolute atomic E-state index is 0.000508. The van der Waals surface area contributed by atoms with Crippen LogP contribution in [0.4, 0.5) is 4.79 Å². The number of rotatable bonds is 4. The van der Waals surface area contributed by atoms with Crippen molar-refractivity contribution in [2.75, 3.05) is 13.1 Å². The van der Waals surface area contributed by atoms with E-state index in [4.69, 9.17) is 27.9 Å². The summed E-state index contributed by atoms with van der Waals surface area (Å²) in [6.07, 6.45) is 1.17. The standard InChI is InChI=1S/C21H30Cl2N2O3/c1-14(2)25(13-16-11-17(22)8-9-18(16)23)19(26)15-7-6-10-24(12-15)20(27)28-21(3,4)5/h8-9,11,14-15H,6-7,10,12-13H2,1-5H3. The van der Waals surface area contributed by atoms with E-state index >= 15 is 0 Å². The van der Waals surface area contributed by atoms with E-state index in [0.29, 0.717) is 29.7 Å². The Hall–Kier alpha value is -1.46. The molecule has 0 radical (unpaired) electrons. The predicted molar refractivity (Wildman–Crippen MR) is 113 cm³/mol. The Kier molecular flexibility index (Phi) is 7.63. The molecule has 1 atom stereocenters. The highest BCUT2D eigenvalue weighted by molar-refractivity contribution is 6.33. The largest absolute Gasteiger partial charge is 0.444 e. The first-order valence-electron chi connectivity index (χ1n) is 9.70. The van der Waals surface area contributed by atoms with E-state index in [2.05, 4.69) is 0 Å². The number of piperidine rings is 1. The van der Waals surface area contributed by atoms with Gasteiger partial charge in [0.1, 0.15) is 5.60 Å². The molecule has 1 aromatic rings. The molecule has 5 nitrogen and oxygen atoms in total. The topological polar surface area (TPSA) is 49.9 Å². The molecule has 1 heterocycles. The number of likely N-dealkylation sites (tertiary alicyclic amines) is 1. The van der Waals surface area contributed by atoms with Crippen LogP contribution in [0.1, 0.15) is 53.0 Å². The zero-order valence-corrected chi connectivity index (χ0v) is 18.8. The summed E-state index contributed by atoms with van der Waals surface area (Å²) in [5.74, 6) is -0.221. The summed E-state index contributed by atoms with van der Waals surface area (Å²) < 4.78 is 5.47. The molecule has 0 N–H and O–H groups in total. The number of benzene rings is 1. The van der Waals surface area contributed by atoms with Crippen LogP contribution >= 0.6 is 23.2 Å². The van der Waals surface area contributed by atoms with Gasteiger partial charge in [0, 0.05) is 35.7 Å². The lowest BCUT2D eigenvalue weighted by Gasteiger charge is -2.37. The lowest BCUT2D eigenvalue weighted by atomic mass is 9.96. The predicted octanol–water partition coefficient (Wildman–Crippen LogP) is 5.38. The second-order valence-corrected chi connectivity index (χ2v) is 9.40. The van der Waals surface area contributed by atoms with Crippen LogP contribution in [0.25, 0.3) is 0 Å². The summed E-state index contributed by atoms with van der Waals surface area (Å²) in [5, 5.41) is 1.17. The summed E-state index contributed by atoms with van der Waals surface area (Å²) in [6.45, 7) is 10.8. The first kappa shape index (κ1) is 22.8. The van der Waals surface area contributed by atoms with Crippen molar-refractivity contribution in [3.8, 4) is 0 Å². The molecule has 28 heavy (non-hydrogen) atoms. The Morgan fingerprint density at radius 3 is 2.57 bits per heavy atom. The van der Waals surface area contributed by atoms with Crippen LogP contribution < -0.4 is 0 Å². The van der Waals surface area contributed by atoms with Crippen LogP contribution in [0.2, 0.25) is 10.0 Å². The Bertz CT molecular complexity index is 716. The molecule has 7 heteroatoms. The van der Waals surface area contributed by atoms with Gasteiger partial charge in [0.25, 0.3) is 0 Å². The van der Waals surface area contributed by atoms with Gasteiger partial charge in [0.15, 0.2) is 0 Å². The molecule has 0 spiro atoms. The minimum atomic E-state index is -0.554. The number of ether oxygens (including phenoxy) is 1. The minimum Gasteiger partial charge on any atom is -0.444 e. The van der Waals surface area contributed by atoms with E-state index in [1.807, 2.05) is 34.6 Å². The van der Waals surface area contributed by atoms with Crippen LogP contribution in [0.3, 0.4) is 0 Å². The third-order valence-electron chi connectivity index (χ3n) is 4.68. The average Bonchev–Trinajstić information content (AvgIpc) is 2.60. The first-order chi connectivity index (χ1) is 13.0. The van der Waals surface area contributed by atoms with E-state index in [9.17, 15) is 9.59 Å². The van der Waals surface area contributed by atoms with E-state index in [1.165, 1.54) is 0 Å². The van der Waals surface area contributed by atoms with Gasteiger partial charge in [0.2, 0.25) is 5.91 Å². The highest BCUT2D eigenvalue weighted by Crippen LogP contribution is 2.26. The van der Waals surface area contributed by atoms with Gasteiger partial charge >= 0.3 is 6.09 Å². The van der Waals surface area contributed by atoms with E-state index in [0.717, 1.165) is 18.4 Å². The lowest BCUT2D eigenvalue weighted by Crippen LogP contribution is -2.49. The molecule has 1 unspecified atom stereocenters. The summed E-state index contributed by atoms with van der Waals surface area (Å²) in [5.41, 5.74) is 0.262. The van der Waals surface area contributed by atoms with Gasteiger partial charge in [-0.1, -0.05) is 23.2 Å². The molecular formula is C21H30Cl2N2O3. The molecular weight excluding hydrogens is 399 g/mol. The van der Waals surface area contributed by atoms with Crippen molar-refractivity contribution in [3.05, 3.63) is 33.8 Å². The van der Waals surface area contributed by atoms with Gasteiger partial charge < -0.3 is 14.5 Å². The van der Waals surface area contributed by atoms with Crippen molar-refractivity contribution in [1.29, 1.82) is 0 Å². The molecule has 1 aliphatic rings. The van der Waals surface area contributed by atoms with Crippen molar-refractivity contribution in [2.24, 2.45) is 5.92 Å². The van der Waals surface area contributed by atoms with Crippen LogP contribution in [-0.4, -0.2) is 46.5 Å². The lowest BCUT2D eigenvalue weighted by molar-refractivity contribution is -0.139. The summed E-state index contributed by atoms with van der Waals surface area (Å²) in [4.78, 5) is 29.1. The number of carbonyl (C=O) groups is 2. The van der Waals surface area contributed by atoms with Gasteiger partial charge in [-0.25, -0.2) is 4.79 Å². The van der Waals surface area contributed by atoms with Crippen LogP contribution in [-0.2, 0) is 16.1 Å². The zero-order valence-electron chi connectivity index (χ0n) is 17.3. The smallest absolute Gasteiger partial charge is 0.410 e. The Morgan fingerprint density at radius 2 is 1.96 bits per heavy atom. The Balaban J connectivity index is 2.11. The fraction of sp³-hybridized carbons (Fsp3) is 0.619. The maximum atomic E-state index is 13.3. The van der Waals surface area contributed by atoms with Gasteiger partial charge in [0.05, 0.1) is 5.92 Å². The van der Waals surface area contributed by atoms with Crippen LogP contribution in [0.5, 0.6) is 0 Å². The Labute approximate surface area is 177 Å². The van der Waals surface area contributed by atoms with Gasteiger partial charge in [-0.05, 0) is 71.2 Å². The van der Waals surface area contributed by atoms with Crippen molar-refractivity contribution in [1.82, 2.24) is 9.80 Å². The molecule has 0 bridgehead atoms. The van der Waals surface area contributed by atoms with Crippen LogP contribution in [0.15, 0.2) is 18.2 Å². The summed E-state index contributed by atoms with van der Waals surface area (Å²) in [6, 6.07) is 5.27. The fourth-order valence-corrected chi connectivity index (χ4v) is 3.64. The van der Waals surface area contributed by atoms with Crippen molar-refractivity contribution in [2.45, 2.75) is 65.6 Å². The first-order valence-corrected chi connectivity index (χ1v) is 10.5. The number of halogens is 2. The number of hydrogen-bond donors (Lipinski definition) is 0. The normalized spacial score (nSPS) is 17.6. The van der Waals surface area contributed by atoms with Crippen molar-refractivity contribution < 1.29 is 14.3 Å². The van der Waals surface area contributed by atoms with Crippen molar-refractivity contribution >= 4 is 35.2 Å². The second kappa shape index (κ2) is 9.36. The summed E-state index contributed by atoms with van der Waals surface area (Å²) in [7, 11) is 0. The highest BCUT2D eigenvalue weighted by atomic mass is 35.5. The number of hydrogen-bond acceptors (Lipinski definition) is 3. The zero-order chi connectivity index (χ0) is 21.1. The monoisotopic (exact) mass is 428 g/mol. The van der Waals surface area contributed by atoms with Crippen LogP contribution in [0, 0.1) is 5.92 Å². The highest BCUT2D eigenvalue weighted by Gasteiger charge is 2.34. The molecule has 156 valence electrons. The maximum absolute atomic E-state index is 13.3. The third-order valence-corrected chi connectivity index (χ3v) is 5.28. The maximum Gasteiger partial charge on any atom is 0.410 e. The van der Waals surface area contributed by atoms with E-state index in [-0.39, 0.29) is 24.0 Å². The number of nitrogens with zero attached hydrogens (tertiary/aromatic N) is 2. The summed E-state index contributed by atoms with van der Waals surface area (Å²) >= 11 is 12.4. The number of carbonyl (C=O) groups excluding carboxylic acids is 2. The van der Waals surface area contributed by atoms with Gasteiger partial charge in [-0.15, -0.1) is 0 Å². The average molecular weight is 429 g/mol. The SMILES string of the molecule is CC(C)N(Cc1cc(Cl)ccc1Cl)C(=O)C1CCCN(C(=O)OC(C)(C)C)C1. The van der Waals surface area contributed by atoms with E-state index < -0.39 is 5.60 Å².